The number of aryl methyl sites for hydroxylation is 3. The molecule has 0 aliphatic heterocycles. The molecule has 0 aliphatic carbocycles. The quantitative estimate of drug-likeness (QED) is 0.633. The van der Waals surface area contributed by atoms with Gasteiger partial charge in [0.15, 0.2) is 0 Å². The molecule has 2 aromatic rings. The average Bonchev–Trinajstić information content (AvgIpc) is 2.49. The van der Waals surface area contributed by atoms with Gasteiger partial charge in [-0.2, -0.15) is 13.2 Å². The number of alkyl halides is 3. The van der Waals surface area contributed by atoms with Crippen LogP contribution in [0.2, 0.25) is 0 Å². The van der Waals surface area contributed by atoms with E-state index >= 15 is 0 Å². The zero-order chi connectivity index (χ0) is 17.9. The fourth-order valence-electron chi connectivity index (χ4n) is 2.39. The first-order valence-electron chi connectivity index (χ1n) is 7.32. The minimum Gasteiger partial charge on any atom is -0.383 e. The Balaban J connectivity index is 2.55. The monoisotopic (exact) mass is 333 g/mol. The molecule has 0 heterocycles. The van der Waals surface area contributed by atoms with Gasteiger partial charge in [0, 0.05) is 5.56 Å². The number of amidine groups is 2. The van der Waals surface area contributed by atoms with Crippen LogP contribution in [-0.4, -0.2) is 17.8 Å². The summed E-state index contributed by atoms with van der Waals surface area (Å²) in [7, 11) is 0. The molecule has 2 aromatic carbocycles. The Morgan fingerprint density at radius 3 is 2.00 bits per heavy atom. The lowest BCUT2D eigenvalue weighted by Gasteiger charge is -2.11. The summed E-state index contributed by atoms with van der Waals surface area (Å²) in [6, 6.07) is 11.8. The van der Waals surface area contributed by atoms with Crippen LogP contribution in [0, 0.1) is 20.8 Å². The van der Waals surface area contributed by atoms with E-state index in [2.05, 4.69) is 9.98 Å². The Bertz CT molecular complexity index is 768. The van der Waals surface area contributed by atoms with Crippen LogP contribution < -0.4 is 5.73 Å². The number of halogens is 3. The number of hydrogen-bond donors (Lipinski definition) is 1. The van der Waals surface area contributed by atoms with Gasteiger partial charge >= 0.3 is 6.18 Å². The second kappa shape index (κ2) is 6.86. The van der Waals surface area contributed by atoms with E-state index in [-0.39, 0.29) is 11.5 Å². The van der Waals surface area contributed by atoms with Gasteiger partial charge < -0.3 is 5.73 Å². The highest BCUT2D eigenvalue weighted by atomic mass is 19.4. The van der Waals surface area contributed by atoms with Crippen LogP contribution in [0.1, 0.15) is 22.3 Å². The van der Waals surface area contributed by atoms with Gasteiger partial charge in [0.2, 0.25) is 5.84 Å². The molecule has 0 radical (unpaired) electrons. The van der Waals surface area contributed by atoms with E-state index in [1.807, 2.05) is 6.92 Å². The molecule has 0 saturated heterocycles. The van der Waals surface area contributed by atoms with E-state index in [9.17, 15) is 13.2 Å². The molecule has 3 nitrogen and oxygen atoms in total. The highest BCUT2D eigenvalue weighted by Crippen LogP contribution is 2.29. The van der Waals surface area contributed by atoms with Crippen LogP contribution in [0.3, 0.4) is 0 Å². The summed E-state index contributed by atoms with van der Waals surface area (Å²) in [5, 5.41) is 0. The van der Waals surface area contributed by atoms with Crippen molar-refractivity contribution in [2.45, 2.75) is 26.9 Å². The van der Waals surface area contributed by atoms with Crippen molar-refractivity contribution in [2.75, 3.05) is 0 Å². The van der Waals surface area contributed by atoms with Gasteiger partial charge in [-0.3, -0.25) is 0 Å². The summed E-state index contributed by atoms with van der Waals surface area (Å²) in [5.74, 6) is -1.49. The van der Waals surface area contributed by atoms with Crippen LogP contribution in [0.4, 0.5) is 18.9 Å². The first kappa shape index (κ1) is 17.7. The molecule has 2 rings (SSSR count). The standard InChI is InChI=1S/C18H18F3N3/c1-11-9-12(2)15(13(3)10-11)23-17(18(19,20)21)24-16(22)14-7-5-4-6-8-14/h4-10H,1-3H3,(H2,22,23,24). The molecule has 0 unspecified atom stereocenters. The molecular formula is C18H18F3N3. The summed E-state index contributed by atoms with van der Waals surface area (Å²) >= 11 is 0. The number of benzene rings is 2. The maximum absolute atomic E-state index is 13.3. The zero-order valence-electron chi connectivity index (χ0n) is 13.6. The van der Waals surface area contributed by atoms with Gasteiger partial charge in [-0.25, -0.2) is 9.98 Å². The molecule has 0 fully saturated rings. The molecule has 0 aliphatic rings. The van der Waals surface area contributed by atoms with Crippen LogP contribution in [0.5, 0.6) is 0 Å². The number of nitrogens with zero attached hydrogens (tertiary/aromatic N) is 2. The molecule has 2 N–H and O–H groups in total. The second-order valence-electron chi connectivity index (χ2n) is 5.54. The Labute approximate surface area is 138 Å². The van der Waals surface area contributed by atoms with E-state index in [0.717, 1.165) is 5.56 Å². The van der Waals surface area contributed by atoms with Gasteiger partial charge in [-0.15, -0.1) is 0 Å². The average molecular weight is 333 g/mol. The Morgan fingerprint density at radius 2 is 1.50 bits per heavy atom. The van der Waals surface area contributed by atoms with E-state index in [1.165, 1.54) is 0 Å². The Hall–Kier alpha value is -2.63. The van der Waals surface area contributed by atoms with Gasteiger partial charge in [0.25, 0.3) is 0 Å². The van der Waals surface area contributed by atoms with E-state index in [4.69, 9.17) is 5.73 Å². The van der Waals surface area contributed by atoms with Crippen molar-refractivity contribution in [3.63, 3.8) is 0 Å². The van der Waals surface area contributed by atoms with Crippen molar-refractivity contribution in [3.05, 3.63) is 64.7 Å². The summed E-state index contributed by atoms with van der Waals surface area (Å²) in [4.78, 5) is 7.30. The maximum atomic E-state index is 13.3. The fourth-order valence-corrected chi connectivity index (χ4v) is 2.39. The molecule has 24 heavy (non-hydrogen) atoms. The third-order valence-electron chi connectivity index (χ3n) is 3.40. The maximum Gasteiger partial charge on any atom is 0.451 e. The highest BCUT2D eigenvalue weighted by Gasteiger charge is 2.36. The Morgan fingerprint density at radius 1 is 0.958 bits per heavy atom. The van der Waals surface area contributed by atoms with Gasteiger partial charge in [-0.1, -0.05) is 48.0 Å². The van der Waals surface area contributed by atoms with Crippen molar-refractivity contribution in [3.8, 4) is 0 Å². The minimum absolute atomic E-state index is 0.228. The molecule has 0 atom stereocenters. The lowest BCUT2D eigenvalue weighted by Crippen LogP contribution is -2.25. The largest absolute Gasteiger partial charge is 0.451 e. The first-order valence-corrected chi connectivity index (χ1v) is 7.32. The predicted octanol–water partition coefficient (Wildman–Crippen LogP) is 4.61. The molecule has 0 aromatic heterocycles. The molecule has 0 spiro atoms. The van der Waals surface area contributed by atoms with Gasteiger partial charge in [-0.05, 0) is 31.9 Å². The number of aliphatic imine (C=N–C) groups is 2. The van der Waals surface area contributed by atoms with Crippen molar-refractivity contribution < 1.29 is 13.2 Å². The number of nitrogens with two attached hydrogens (primary N) is 1. The summed E-state index contributed by atoms with van der Waals surface area (Å²) < 4.78 is 40.0. The van der Waals surface area contributed by atoms with Crippen LogP contribution in [-0.2, 0) is 0 Å². The molecule has 0 saturated carbocycles. The van der Waals surface area contributed by atoms with Crippen molar-refractivity contribution in [1.82, 2.24) is 0 Å². The second-order valence-corrected chi connectivity index (χ2v) is 5.54. The smallest absolute Gasteiger partial charge is 0.383 e. The summed E-state index contributed by atoms with van der Waals surface area (Å²) in [6.45, 7) is 5.32. The highest BCUT2D eigenvalue weighted by molar-refractivity contribution is 6.07. The topological polar surface area (TPSA) is 50.7 Å². The van der Waals surface area contributed by atoms with E-state index in [1.54, 1.807) is 56.3 Å². The first-order chi connectivity index (χ1) is 11.2. The van der Waals surface area contributed by atoms with Gasteiger partial charge in [0.1, 0.15) is 5.84 Å². The van der Waals surface area contributed by atoms with Crippen molar-refractivity contribution in [2.24, 2.45) is 15.7 Å². The normalized spacial score (nSPS) is 13.2. The fraction of sp³-hybridized carbons (Fsp3) is 0.222. The number of hydrogen-bond acceptors (Lipinski definition) is 1. The summed E-state index contributed by atoms with van der Waals surface area (Å²) in [6.07, 6.45) is -4.71. The van der Waals surface area contributed by atoms with Crippen molar-refractivity contribution in [1.29, 1.82) is 0 Å². The third kappa shape index (κ3) is 4.22. The predicted molar refractivity (Wildman–Crippen MR) is 91.0 cm³/mol. The van der Waals surface area contributed by atoms with E-state index in [0.29, 0.717) is 16.7 Å². The molecule has 6 heteroatoms. The Kier molecular flexibility index (Phi) is 5.07. The van der Waals surface area contributed by atoms with Crippen LogP contribution in [0.25, 0.3) is 0 Å². The lowest BCUT2D eigenvalue weighted by atomic mass is 10.1. The number of rotatable bonds is 2. The van der Waals surface area contributed by atoms with Crippen molar-refractivity contribution >= 4 is 17.4 Å². The van der Waals surface area contributed by atoms with E-state index < -0.39 is 12.0 Å². The zero-order valence-corrected chi connectivity index (χ0v) is 13.6. The SMILES string of the molecule is Cc1cc(C)c(N=C(N=C(N)c2ccccc2)C(F)(F)F)c(C)c1. The third-order valence-corrected chi connectivity index (χ3v) is 3.40. The van der Waals surface area contributed by atoms with Crippen LogP contribution in [0.15, 0.2) is 52.4 Å². The van der Waals surface area contributed by atoms with Gasteiger partial charge in [0.05, 0.1) is 5.69 Å². The summed E-state index contributed by atoms with van der Waals surface area (Å²) in [5.41, 5.74) is 8.66. The molecular weight excluding hydrogens is 315 g/mol. The minimum atomic E-state index is -4.71. The molecule has 0 amide bonds. The lowest BCUT2D eigenvalue weighted by molar-refractivity contribution is -0.0596. The molecule has 126 valence electrons. The molecule has 0 bridgehead atoms. The van der Waals surface area contributed by atoms with Crippen LogP contribution >= 0.6 is 0 Å².